The second-order valence-corrected chi connectivity index (χ2v) is 5.55. The summed E-state index contributed by atoms with van der Waals surface area (Å²) < 4.78 is 0. The average molecular weight is 344 g/mol. The molecule has 0 radical (unpaired) electrons. The highest BCUT2D eigenvalue weighted by Crippen LogP contribution is 2.27. The smallest absolute Gasteiger partial charge is 0.273 e. The Morgan fingerprint density at radius 1 is 1.25 bits per heavy atom. The van der Waals surface area contributed by atoms with Gasteiger partial charge in [0.25, 0.3) is 5.69 Å². The van der Waals surface area contributed by atoms with Crippen LogP contribution in [-0.4, -0.2) is 43.6 Å². The van der Waals surface area contributed by atoms with Crippen LogP contribution in [0.4, 0.5) is 11.4 Å². The van der Waals surface area contributed by atoms with Gasteiger partial charge in [-0.3, -0.25) is 10.1 Å². The topological polar surface area (TPSA) is 49.6 Å². The van der Waals surface area contributed by atoms with E-state index in [1.165, 1.54) is 0 Å². The van der Waals surface area contributed by atoms with E-state index in [1.807, 2.05) is 26.2 Å². The maximum Gasteiger partial charge on any atom is 0.273 e. The first-order chi connectivity index (χ1) is 9.49. The number of likely N-dealkylation sites (N-methyl/N-ethyl adjacent to an activating group) is 1. The molecule has 1 aromatic carbocycles. The minimum Gasteiger partial charge on any atom is -0.370 e. The van der Waals surface area contributed by atoms with Crippen molar-refractivity contribution in [1.82, 2.24) is 4.90 Å². The standard InChI is InChI=1S/C14H22BrN3O2/c1-4-7-17(9-8-16(2)3)13-5-6-14(18(19)20)12(10-13)11-15/h5-6,10H,4,7-9,11H2,1-3H3. The Hall–Kier alpha value is -1.14. The molecule has 0 atom stereocenters. The second kappa shape index (κ2) is 8.21. The van der Waals surface area contributed by atoms with Gasteiger partial charge in [-0.25, -0.2) is 0 Å². The van der Waals surface area contributed by atoms with E-state index < -0.39 is 0 Å². The van der Waals surface area contributed by atoms with Gasteiger partial charge in [0, 0.05) is 42.3 Å². The molecule has 5 nitrogen and oxygen atoms in total. The molecule has 0 aliphatic heterocycles. The Bertz CT molecular complexity index is 452. The molecule has 0 saturated carbocycles. The highest BCUT2D eigenvalue weighted by molar-refractivity contribution is 9.08. The van der Waals surface area contributed by atoms with E-state index in [-0.39, 0.29) is 10.6 Å². The second-order valence-electron chi connectivity index (χ2n) is 4.99. The van der Waals surface area contributed by atoms with Crippen molar-refractivity contribution < 1.29 is 4.92 Å². The van der Waals surface area contributed by atoms with Gasteiger partial charge in [0.15, 0.2) is 0 Å². The number of hydrogen-bond donors (Lipinski definition) is 0. The van der Waals surface area contributed by atoms with Gasteiger partial charge in [-0.1, -0.05) is 22.9 Å². The highest BCUT2D eigenvalue weighted by atomic mass is 79.9. The first-order valence-electron chi connectivity index (χ1n) is 6.72. The van der Waals surface area contributed by atoms with Crippen LogP contribution in [0.1, 0.15) is 18.9 Å². The SMILES string of the molecule is CCCN(CCN(C)C)c1ccc([N+](=O)[O-])c(CBr)c1. The van der Waals surface area contributed by atoms with E-state index in [1.54, 1.807) is 6.07 Å². The summed E-state index contributed by atoms with van der Waals surface area (Å²) in [6, 6.07) is 5.36. The van der Waals surface area contributed by atoms with Crippen molar-refractivity contribution in [2.24, 2.45) is 0 Å². The molecule has 6 heteroatoms. The summed E-state index contributed by atoms with van der Waals surface area (Å²) in [5.41, 5.74) is 1.95. The number of benzene rings is 1. The zero-order valence-corrected chi connectivity index (χ0v) is 13.9. The van der Waals surface area contributed by atoms with Crippen molar-refractivity contribution in [2.45, 2.75) is 18.7 Å². The monoisotopic (exact) mass is 343 g/mol. The van der Waals surface area contributed by atoms with Crippen LogP contribution in [0.15, 0.2) is 18.2 Å². The fourth-order valence-electron chi connectivity index (χ4n) is 2.01. The van der Waals surface area contributed by atoms with Crippen molar-refractivity contribution in [3.8, 4) is 0 Å². The van der Waals surface area contributed by atoms with E-state index in [0.29, 0.717) is 5.33 Å². The first kappa shape index (κ1) is 16.9. The van der Waals surface area contributed by atoms with E-state index in [2.05, 4.69) is 32.7 Å². The molecule has 112 valence electrons. The van der Waals surface area contributed by atoms with Gasteiger partial charge < -0.3 is 9.80 Å². The van der Waals surface area contributed by atoms with Gasteiger partial charge in [0.2, 0.25) is 0 Å². The van der Waals surface area contributed by atoms with Gasteiger partial charge in [-0.15, -0.1) is 0 Å². The number of nitrogens with zero attached hydrogens (tertiary/aromatic N) is 3. The fourth-order valence-corrected chi connectivity index (χ4v) is 2.46. The van der Waals surface area contributed by atoms with Gasteiger partial charge in [-0.05, 0) is 32.6 Å². The van der Waals surface area contributed by atoms with Crippen LogP contribution >= 0.6 is 15.9 Å². The summed E-state index contributed by atoms with van der Waals surface area (Å²) in [7, 11) is 4.09. The summed E-state index contributed by atoms with van der Waals surface area (Å²) in [5.74, 6) is 0. The van der Waals surface area contributed by atoms with Gasteiger partial charge >= 0.3 is 0 Å². The van der Waals surface area contributed by atoms with Gasteiger partial charge in [0.1, 0.15) is 0 Å². The number of halogens is 1. The molecule has 0 saturated heterocycles. The zero-order valence-electron chi connectivity index (χ0n) is 12.3. The Labute approximate surface area is 128 Å². The molecule has 0 heterocycles. The van der Waals surface area contributed by atoms with Crippen LogP contribution in [0, 0.1) is 10.1 Å². The minimum atomic E-state index is -0.329. The third-order valence-corrected chi connectivity index (χ3v) is 3.68. The quantitative estimate of drug-likeness (QED) is 0.413. The fraction of sp³-hybridized carbons (Fsp3) is 0.571. The van der Waals surface area contributed by atoms with Crippen LogP contribution in [0.3, 0.4) is 0 Å². The largest absolute Gasteiger partial charge is 0.370 e. The van der Waals surface area contributed by atoms with E-state index in [9.17, 15) is 10.1 Å². The molecular formula is C14H22BrN3O2. The van der Waals surface area contributed by atoms with Crippen LogP contribution in [0.2, 0.25) is 0 Å². The first-order valence-corrected chi connectivity index (χ1v) is 7.84. The molecule has 0 aliphatic carbocycles. The summed E-state index contributed by atoms with van der Waals surface area (Å²) in [5, 5.41) is 11.5. The van der Waals surface area contributed by atoms with E-state index in [4.69, 9.17) is 0 Å². The van der Waals surface area contributed by atoms with Crippen LogP contribution in [-0.2, 0) is 5.33 Å². The lowest BCUT2D eigenvalue weighted by Crippen LogP contribution is -2.32. The lowest BCUT2D eigenvalue weighted by molar-refractivity contribution is -0.385. The van der Waals surface area contributed by atoms with Crippen molar-refractivity contribution in [2.75, 3.05) is 38.6 Å². The molecule has 0 N–H and O–H groups in total. The number of rotatable bonds is 8. The van der Waals surface area contributed by atoms with Crippen molar-refractivity contribution in [3.05, 3.63) is 33.9 Å². The Balaban J connectivity index is 2.98. The molecule has 0 unspecified atom stereocenters. The molecule has 20 heavy (non-hydrogen) atoms. The van der Waals surface area contributed by atoms with Gasteiger partial charge in [-0.2, -0.15) is 0 Å². The highest BCUT2D eigenvalue weighted by Gasteiger charge is 2.15. The Morgan fingerprint density at radius 2 is 1.95 bits per heavy atom. The lowest BCUT2D eigenvalue weighted by atomic mass is 10.1. The number of nitro benzene ring substituents is 1. The molecule has 0 bridgehead atoms. The summed E-state index contributed by atoms with van der Waals surface area (Å²) >= 11 is 3.33. The van der Waals surface area contributed by atoms with Crippen LogP contribution < -0.4 is 4.90 Å². The maximum absolute atomic E-state index is 11.0. The third-order valence-electron chi connectivity index (χ3n) is 3.08. The van der Waals surface area contributed by atoms with Crippen LogP contribution in [0.25, 0.3) is 0 Å². The summed E-state index contributed by atoms with van der Waals surface area (Å²) in [6.45, 7) is 4.97. The lowest BCUT2D eigenvalue weighted by Gasteiger charge is -2.26. The molecule has 0 aliphatic rings. The average Bonchev–Trinajstić information content (AvgIpc) is 2.42. The number of hydrogen-bond acceptors (Lipinski definition) is 4. The van der Waals surface area contributed by atoms with Crippen LogP contribution in [0.5, 0.6) is 0 Å². The van der Waals surface area contributed by atoms with Gasteiger partial charge in [0.05, 0.1) is 4.92 Å². The van der Waals surface area contributed by atoms with E-state index in [0.717, 1.165) is 37.3 Å². The number of nitro groups is 1. The normalized spacial score (nSPS) is 10.8. The predicted molar refractivity (Wildman–Crippen MR) is 86.8 cm³/mol. The van der Waals surface area contributed by atoms with Crippen molar-refractivity contribution >= 4 is 27.3 Å². The third kappa shape index (κ3) is 4.76. The summed E-state index contributed by atoms with van der Waals surface area (Å²) in [6.07, 6.45) is 1.05. The molecule has 0 aromatic heterocycles. The molecule has 0 spiro atoms. The Morgan fingerprint density at radius 3 is 2.45 bits per heavy atom. The zero-order chi connectivity index (χ0) is 15.1. The number of anilines is 1. The maximum atomic E-state index is 11.0. The van der Waals surface area contributed by atoms with E-state index >= 15 is 0 Å². The van der Waals surface area contributed by atoms with Crippen molar-refractivity contribution in [3.63, 3.8) is 0 Å². The number of alkyl halides is 1. The molecule has 0 fully saturated rings. The Kier molecular flexibility index (Phi) is 6.95. The summed E-state index contributed by atoms with van der Waals surface area (Å²) in [4.78, 5) is 15.1. The predicted octanol–water partition coefficient (Wildman–Crippen LogP) is 3.27. The molecule has 0 amide bonds. The molecular weight excluding hydrogens is 322 g/mol. The molecule has 1 aromatic rings. The van der Waals surface area contributed by atoms with Crippen molar-refractivity contribution in [1.29, 1.82) is 0 Å². The minimum absolute atomic E-state index is 0.176. The molecule has 1 rings (SSSR count).